The molecule has 4 aromatic rings. The summed E-state index contributed by atoms with van der Waals surface area (Å²) in [6.45, 7) is 2.03. The lowest BCUT2D eigenvalue weighted by Gasteiger charge is -2.08. The van der Waals surface area contributed by atoms with Gasteiger partial charge in [-0.2, -0.15) is 0 Å². The molecule has 0 atom stereocenters. The molecular weight excluding hydrogens is 338 g/mol. The van der Waals surface area contributed by atoms with E-state index in [1.807, 2.05) is 61.5 Å². The Labute approximate surface area is 156 Å². The van der Waals surface area contributed by atoms with Gasteiger partial charge in [-0.25, -0.2) is 0 Å². The number of carbonyl (C=O) groups is 1. The smallest absolute Gasteiger partial charge is 0.276 e. The summed E-state index contributed by atoms with van der Waals surface area (Å²) in [6, 6.07) is 20.8. The largest absolute Gasteiger partial charge is 0.339 e. The summed E-state index contributed by atoms with van der Waals surface area (Å²) in [5.41, 5.74) is 3.70. The minimum Gasteiger partial charge on any atom is -0.339 e. The van der Waals surface area contributed by atoms with E-state index in [0.717, 1.165) is 16.6 Å². The number of amides is 1. The summed E-state index contributed by atoms with van der Waals surface area (Å²) in [6.07, 6.45) is 1.70. The number of aryl methyl sites for hydroxylation is 1. The molecule has 2 aromatic carbocycles. The Morgan fingerprint density at radius 2 is 1.70 bits per heavy atom. The highest BCUT2D eigenvalue weighted by Gasteiger charge is 2.11. The average Bonchev–Trinajstić information content (AvgIpc) is 2.70. The van der Waals surface area contributed by atoms with Gasteiger partial charge >= 0.3 is 0 Å². The third-order valence-electron chi connectivity index (χ3n) is 4.10. The molecule has 2 heterocycles. The molecule has 0 spiro atoms. The van der Waals surface area contributed by atoms with Crippen molar-refractivity contribution < 1.29 is 4.79 Å². The number of rotatable bonds is 4. The number of hydrogen-bond donors (Lipinski definition) is 2. The summed E-state index contributed by atoms with van der Waals surface area (Å²) >= 11 is 0. The molecule has 0 aliphatic heterocycles. The first kappa shape index (κ1) is 16.7. The third-order valence-corrected chi connectivity index (χ3v) is 4.10. The maximum absolute atomic E-state index is 12.5. The van der Waals surface area contributed by atoms with E-state index in [2.05, 4.69) is 25.8 Å². The van der Waals surface area contributed by atoms with Gasteiger partial charge in [-0.05, 0) is 43.3 Å². The van der Waals surface area contributed by atoms with Crippen molar-refractivity contribution in [2.24, 2.45) is 0 Å². The van der Waals surface area contributed by atoms with Crippen LogP contribution in [0.15, 0.2) is 72.9 Å². The van der Waals surface area contributed by atoms with Gasteiger partial charge in [0, 0.05) is 17.3 Å². The van der Waals surface area contributed by atoms with Crippen LogP contribution in [-0.2, 0) is 0 Å². The van der Waals surface area contributed by atoms with E-state index in [-0.39, 0.29) is 11.6 Å². The average molecular weight is 355 g/mol. The summed E-state index contributed by atoms with van der Waals surface area (Å²) in [4.78, 5) is 16.8. The molecule has 27 heavy (non-hydrogen) atoms. The van der Waals surface area contributed by atoms with Gasteiger partial charge in [-0.3, -0.25) is 9.78 Å². The lowest BCUT2D eigenvalue weighted by molar-refractivity contribution is 0.102. The van der Waals surface area contributed by atoms with E-state index in [0.29, 0.717) is 11.5 Å². The normalized spacial score (nSPS) is 10.6. The SMILES string of the molecule is Cc1ccc(Nc2ccc(C(=O)Nc3cccc4cccnc34)nn2)cc1. The minimum absolute atomic E-state index is 0.234. The number of nitrogens with zero attached hydrogens (tertiary/aromatic N) is 3. The van der Waals surface area contributed by atoms with Crippen LogP contribution in [0.5, 0.6) is 0 Å². The van der Waals surface area contributed by atoms with Crippen LogP contribution >= 0.6 is 0 Å². The lowest BCUT2D eigenvalue weighted by Crippen LogP contribution is -2.15. The molecule has 4 rings (SSSR count). The fraction of sp³-hybridized carbons (Fsp3) is 0.0476. The van der Waals surface area contributed by atoms with Gasteiger partial charge in [0.2, 0.25) is 0 Å². The molecule has 0 radical (unpaired) electrons. The first-order valence-electron chi connectivity index (χ1n) is 8.51. The molecule has 0 saturated heterocycles. The number of anilines is 3. The highest BCUT2D eigenvalue weighted by molar-refractivity contribution is 6.07. The van der Waals surface area contributed by atoms with Crippen LogP contribution in [0.25, 0.3) is 10.9 Å². The molecule has 6 heteroatoms. The summed E-state index contributed by atoms with van der Waals surface area (Å²) in [5, 5.41) is 15.1. The van der Waals surface area contributed by atoms with E-state index in [9.17, 15) is 4.79 Å². The molecule has 2 N–H and O–H groups in total. The first-order chi connectivity index (χ1) is 13.2. The van der Waals surface area contributed by atoms with E-state index >= 15 is 0 Å². The number of para-hydroxylation sites is 1. The second-order valence-corrected chi connectivity index (χ2v) is 6.13. The molecule has 132 valence electrons. The molecule has 0 bridgehead atoms. The van der Waals surface area contributed by atoms with Crippen LogP contribution in [0, 0.1) is 6.92 Å². The highest BCUT2D eigenvalue weighted by atomic mass is 16.1. The Morgan fingerprint density at radius 3 is 2.48 bits per heavy atom. The fourth-order valence-corrected chi connectivity index (χ4v) is 2.70. The van der Waals surface area contributed by atoms with Crippen molar-refractivity contribution in [2.75, 3.05) is 10.6 Å². The van der Waals surface area contributed by atoms with Gasteiger partial charge in [-0.1, -0.05) is 35.9 Å². The standard InChI is InChI=1S/C21H17N5O/c1-14-7-9-16(10-8-14)23-19-12-11-18(25-26-19)21(27)24-17-6-2-4-15-5-3-13-22-20(15)17/h2-13H,1H3,(H,23,26)(H,24,27). The number of pyridine rings is 1. The molecule has 1 amide bonds. The van der Waals surface area contributed by atoms with Crippen LogP contribution in [-0.4, -0.2) is 21.1 Å². The Morgan fingerprint density at radius 1 is 0.889 bits per heavy atom. The minimum atomic E-state index is -0.331. The quantitative estimate of drug-likeness (QED) is 0.569. The van der Waals surface area contributed by atoms with E-state index < -0.39 is 0 Å². The Bertz CT molecular complexity index is 1090. The van der Waals surface area contributed by atoms with Gasteiger partial charge in [0.1, 0.15) is 0 Å². The summed E-state index contributed by atoms with van der Waals surface area (Å²) < 4.78 is 0. The van der Waals surface area contributed by atoms with E-state index in [1.54, 1.807) is 18.3 Å². The van der Waals surface area contributed by atoms with Gasteiger partial charge < -0.3 is 10.6 Å². The number of carbonyl (C=O) groups excluding carboxylic acids is 1. The monoisotopic (exact) mass is 355 g/mol. The topological polar surface area (TPSA) is 79.8 Å². The third kappa shape index (κ3) is 3.74. The molecule has 0 saturated carbocycles. The van der Waals surface area contributed by atoms with Crippen molar-refractivity contribution in [1.82, 2.24) is 15.2 Å². The molecule has 0 unspecified atom stereocenters. The van der Waals surface area contributed by atoms with Crippen molar-refractivity contribution in [2.45, 2.75) is 6.92 Å². The zero-order valence-corrected chi connectivity index (χ0v) is 14.7. The molecule has 6 nitrogen and oxygen atoms in total. The van der Waals surface area contributed by atoms with E-state index in [1.165, 1.54) is 5.56 Å². The molecule has 0 aliphatic carbocycles. The zero-order chi connectivity index (χ0) is 18.6. The van der Waals surface area contributed by atoms with Gasteiger partial charge in [-0.15, -0.1) is 10.2 Å². The number of nitrogens with one attached hydrogen (secondary N) is 2. The van der Waals surface area contributed by atoms with Crippen LogP contribution in [0.2, 0.25) is 0 Å². The van der Waals surface area contributed by atoms with Crippen LogP contribution < -0.4 is 10.6 Å². The van der Waals surface area contributed by atoms with Crippen molar-refractivity contribution in [1.29, 1.82) is 0 Å². The van der Waals surface area contributed by atoms with Crippen molar-refractivity contribution >= 4 is 34.0 Å². The van der Waals surface area contributed by atoms with Crippen molar-refractivity contribution in [3.8, 4) is 0 Å². The van der Waals surface area contributed by atoms with Gasteiger partial charge in [0.25, 0.3) is 5.91 Å². The van der Waals surface area contributed by atoms with Crippen LogP contribution in [0.1, 0.15) is 16.1 Å². The molecule has 0 aliphatic rings. The van der Waals surface area contributed by atoms with Crippen LogP contribution in [0.4, 0.5) is 17.2 Å². The number of benzene rings is 2. The zero-order valence-electron chi connectivity index (χ0n) is 14.7. The van der Waals surface area contributed by atoms with Crippen molar-refractivity contribution in [3.05, 3.63) is 84.2 Å². The van der Waals surface area contributed by atoms with Gasteiger partial charge in [0.05, 0.1) is 11.2 Å². The van der Waals surface area contributed by atoms with E-state index in [4.69, 9.17) is 0 Å². The Kier molecular flexibility index (Phi) is 4.45. The number of fused-ring (bicyclic) bond motifs is 1. The number of aromatic nitrogens is 3. The molecule has 2 aromatic heterocycles. The first-order valence-corrected chi connectivity index (χ1v) is 8.51. The predicted molar refractivity (Wildman–Crippen MR) is 106 cm³/mol. The van der Waals surface area contributed by atoms with Crippen molar-refractivity contribution in [3.63, 3.8) is 0 Å². The maximum Gasteiger partial charge on any atom is 0.276 e. The fourth-order valence-electron chi connectivity index (χ4n) is 2.70. The predicted octanol–water partition coefficient (Wildman–Crippen LogP) is 4.33. The molecular formula is C21H17N5O. The summed E-state index contributed by atoms with van der Waals surface area (Å²) in [5.74, 6) is 0.241. The van der Waals surface area contributed by atoms with Crippen LogP contribution in [0.3, 0.4) is 0 Å². The second-order valence-electron chi connectivity index (χ2n) is 6.13. The Balaban J connectivity index is 1.50. The number of hydrogen-bond acceptors (Lipinski definition) is 5. The highest BCUT2D eigenvalue weighted by Crippen LogP contribution is 2.21. The van der Waals surface area contributed by atoms with Gasteiger partial charge in [0.15, 0.2) is 11.5 Å². The second kappa shape index (κ2) is 7.21. The summed E-state index contributed by atoms with van der Waals surface area (Å²) in [7, 11) is 0. The lowest BCUT2D eigenvalue weighted by atomic mass is 10.2. The Hall–Kier alpha value is -3.80. The molecule has 0 fully saturated rings. The maximum atomic E-state index is 12.5.